The van der Waals surface area contributed by atoms with E-state index in [1.165, 1.54) is 0 Å². The number of methoxy groups -OCH3 is 1. The van der Waals surface area contributed by atoms with Gasteiger partial charge < -0.3 is 15.2 Å². The Morgan fingerprint density at radius 3 is 2.68 bits per heavy atom. The molecule has 0 aliphatic heterocycles. The number of anilines is 1. The van der Waals surface area contributed by atoms with Crippen molar-refractivity contribution in [3.8, 4) is 11.5 Å². The lowest BCUT2D eigenvalue weighted by Crippen LogP contribution is -2.01. The Hall–Kier alpha value is -1.87. The Morgan fingerprint density at radius 2 is 2.00 bits per heavy atom. The fraction of sp³-hybridized carbons (Fsp3) is 0.200. The second-order valence-corrected chi connectivity index (χ2v) is 4.75. The van der Waals surface area contributed by atoms with Crippen molar-refractivity contribution in [1.29, 1.82) is 0 Å². The Balaban J connectivity index is 2.13. The molecule has 0 aliphatic rings. The molecule has 0 aromatic heterocycles. The zero-order valence-electron chi connectivity index (χ0n) is 10.9. The van der Waals surface area contributed by atoms with E-state index in [9.17, 15) is 5.11 Å². The minimum absolute atomic E-state index is 0.297. The van der Waals surface area contributed by atoms with E-state index in [4.69, 9.17) is 16.3 Å². The number of phenols is 1. The van der Waals surface area contributed by atoms with Crippen molar-refractivity contribution in [2.75, 3.05) is 12.4 Å². The maximum Gasteiger partial charge on any atom is 0.123 e. The predicted molar refractivity (Wildman–Crippen MR) is 78.2 cm³/mol. The van der Waals surface area contributed by atoms with Crippen molar-refractivity contribution in [1.82, 2.24) is 0 Å². The molecular formula is C15H16ClNO2. The smallest absolute Gasteiger partial charge is 0.123 e. The number of benzene rings is 2. The first-order chi connectivity index (χ1) is 9.10. The van der Waals surface area contributed by atoms with Gasteiger partial charge in [-0.2, -0.15) is 0 Å². The molecule has 0 fully saturated rings. The lowest BCUT2D eigenvalue weighted by molar-refractivity contribution is 0.410. The van der Waals surface area contributed by atoms with Crippen LogP contribution in [0.5, 0.6) is 11.5 Å². The van der Waals surface area contributed by atoms with E-state index in [1.54, 1.807) is 19.2 Å². The molecule has 0 unspecified atom stereocenters. The molecule has 0 heterocycles. The van der Waals surface area contributed by atoms with Gasteiger partial charge in [0.25, 0.3) is 0 Å². The van der Waals surface area contributed by atoms with E-state index in [2.05, 4.69) is 5.32 Å². The largest absolute Gasteiger partial charge is 0.508 e. The summed E-state index contributed by atoms with van der Waals surface area (Å²) in [5.74, 6) is 1.10. The highest BCUT2D eigenvalue weighted by molar-refractivity contribution is 6.30. The van der Waals surface area contributed by atoms with Gasteiger partial charge in [-0.25, -0.2) is 0 Å². The van der Waals surface area contributed by atoms with Gasteiger partial charge >= 0.3 is 0 Å². The fourth-order valence-corrected chi connectivity index (χ4v) is 2.04. The van der Waals surface area contributed by atoms with E-state index in [-0.39, 0.29) is 0 Å². The number of halogens is 1. The van der Waals surface area contributed by atoms with Crippen LogP contribution in [0.15, 0.2) is 36.4 Å². The lowest BCUT2D eigenvalue weighted by Gasteiger charge is -2.12. The zero-order valence-corrected chi connectivity index (χ0v) is 11.7. The number of aromatic hydroxyl groups is 1. The number of hydrogen-bond donors (Lipinski definition) is 2. The molecule has 0 bridgehead atoms. The summed E-state index contributed by atoms with van der Waals surface area (Å²) >= 11 is 5.99. The van der Waals surface area contributed by atoms with Gasteiger partial charge in [-0.05, 0) is 48.9 Å². The van der Waals surface area contributed by atoms with Crippen LogP contribution in [0, 0.1) is 6.92 Å². The van der Waals surface area contributed by atoms with Crippen molar-refractivity contribution in [3.05, 3.63) is 52.5 Å². The topological polar surface area (TPSA) is 41.5 Å². The van der Waals surface area contributed by atoms with Crippen molar-refractivity contribution < 1.29 is 9.84 Å². The number of aryl methyl sites for hydroxylation is 1. The zero-order chi connectivity index (χ0) is 13.8. The molecule has 0 saturated carbocycles. The summed E-state index contributed by atoms with van der Waals surface area (Å²) in [5, 5.41) is 13.4. The van der Waals surface area contributed by atoms with Gasteiger partial charge in [0.2, 0.25) is 0 Å². The van der Waals surface area contributed by atoms with Gasteiger partial charge in [0.1, 0.15) is 11.5 Å². The van der Waals surface area contributed by atoms with Gasteiger partial charge in [-0.15, -0.1) is 0 Å². The third-order valence-corrected chi connectivity index (χ3v) is 3.16. The summed E-state index contributed by atoms with van der Waals surface area (Å²) in [6.45, 7) is 2.47. The molecule has 0 saturated heterocycles. The quantitative estimate of drug-likeness (QED) is 0.831. The predicted octanol–water partition coefficient (Wildman–Crippen LogP) is 3.97. The Bertz CT molecular complexity index is 584. The monoisotopic (exact) mass is 277 g/mol. The molecule has 2 rings (SSSR count). The summed E-state index contributed by atoms with van der Waals surface area (Å²) in [4.78, 5) is 0. The molecule has 4 heteroatoms. The third kappa shape index (κ3) is 3.32. The third-order valence-electron chi connectivity index (χ3n) is 2.92. The van der Waals surface area contributed by atoms with Crippen molar-refractivity contribution in [2.45, 2.75) is 13.5 Å². The second-order valence-electron chi connectivity index (χ2n) is 4.31. The number of nitrogens with one attached hydrogen (secondary N) is 1. The molecule has 2 aromatic carbocycles. The van der Waals surface area contributed by atoms with Gasteiger partial charge in [0.05, 0.1) is 7.11 Å². The molecule has 0 spiro atoms. The van der Waals surface area contributed by atoms with Crippen molar-refractivity contribution >= 4 is 17.3 Å². The molecule has 2 N–H and O–H groups in total. The van der Waals surface area contributed by atoms with Gasteiger partial charge in [0.15, 0.2) is 0 Å². The molecule has 0 radical (unpaired) electrons. The van der Waals surface area contributed by atoms with Crippen LogP contribution in [0.3, 0.4) is 0 Å². The number of phenolic OH excluding ortho intramolecular Hbond substituents is 1. The second kappa shape index (κ2) is 5.85. The fourth-order valence-electron chi connectivity index (χ4n) is 1.85. The minimum atomic E-state index is 0.297. The highest BCUT2D eigenvalue weighted by atomic mass is 35.5. The van der Waals surface area contributed by atoms with Crippen LogP contribution in [0.25, 0.3) is 0 Å². The summed E-state index contributed by atoms with van der Waals surface area (Å²) < 4.78 is 5.29. The molecule has 3 nitrogen and oxygen atoms in total. The van der Waals surface area contributed by atoms with Crippen molar-refractivity contribution in [3.63, 3.8) is 0 Å². The number of ether oxygens (including phenoxy) is 1. The van der Waals surface area contributed by atoms with E-state index < -0.39 is 0 Å². The van der Waals surface area contributed by atoms with E-state index in [0.29, 0.717) is 17.3 Å². The number of rotatable bonds is 4. The minimum Gasteiger partial charge on any atom is -0.508 e. The van der Waals surface area contributed by atoms with Gasteiger partial charge in [0, 0.05) is 22.8 Å². The standard InChI is InChI=1S/C15H16ClNO2/c1-10-7-13(4-5-14(10)18)17-9-11-8-12(16)3-6-15(11)19-2/h3-8,17-18H,9H2,1-2H3. The Kier molecular flexibility index (Phi) is 4.17. The lowest BCUT2D eigenvalue weighted by atomic mass is 10.1. The first-order valence-electron chi connectivity index (χ1n) is 5.96. The van der Waals surface area contributed by atoms with Crippen LogP contribution < -0.4 is 10.1 Å². The summed E-state index contributed by atoms with van der Waals surface area (Å²) in [7, 11) is 1.64. The first-order valence-corrected chi connectivity index (χ1v) is 6.34. The maximum absolute atomic E-state index is 9.48. The summed E-state index contributed by atoms with van der Waals surface area (Å²) in [6, 6.07) is 10.9. The molecular weight excluding hydrogens is 262 g/mol. The average molecular weight is 278 g/mol. The van der Waals surface area contributed by atoms with Crippen LogP contribution in [0.2, 0.25) is 5.02 Å². The average Bonchev–Trinajstić information content (AvgIpc) is 2.40. The Morgan fingerprint density at radius 1 is 1.21 bits per heavy atom. The first kappa shape index (κ1) is 13.6. The molecule has 2 aromatic rings. The van der Waals surface area contributed by atoms with Crippen LogP contribution in [0.4, 0.5) is 5.69 Å². The summed E-state index contributed by atoms with van der Waals surface area (Å²) in [5.41, 5.74) is 2.76. The highest BCUT2D eigenvalue weighted by Gasteiger charge is 2.04. The Labute approximate surface area is 117 Å². The summed E-state index contributed by atoms with van der Waals surface area (Å²) in [6.07, 6.45) is 0. The molecule has 0 atom stereocenters. The van der Waals surface area contributed by atoms with E-state index in [0.717, 1.165) is 22.6 Å². The molecule has 0 amide bonds. The van der Waals surface area contributed by atoms with Gasteiger partial charge in [-0.3, -0.25) is 0 Å². The van der Waals surface area contributed by atoms with Gasteiger partial charge in [-0.1, -0.05) is 11.6 Å². The van der Waals surface area contributed by atoms with Crippen LogP contribution in [-0.2, 0) is 6.54 Å². The van der Waals surface area contributed by atoms with Crippen LogP contribution >= 0.6 is 11.6 Å². The highest BCUT2D eigenvalue weighted by Crippen LogP contribution is 2.25. The molecule has 19 heavy (non-hydrogen) atoms. The van der Waals surface area contributed by atoms with E-state index in [1.807, 2.05) is 31.2 Å². The molecule has 100 valence electrons. The van der Waals surface area contributed by atoms with Crippen LogP contribution in [-0.4, -0.2) is 12.2 Å². The van der Waals surface area contributed by atoms with E-state index >= 15 is 0 Å². The number of hydrogen-bond acceptors (Lipinski definition) is 3. The van der Waals surface area contributed by atoms with Crippen LogP contribution in [0.1, 0.15) is 11.1 Å². The SMILES string of the molecule is COc1ccc(Cl)cc1CNc1ccc(O)c(C)c1. The normalized spacial score (nSPS) is 10.3. The van der Waals surface area contributed by atoms with Crippen molar-refractivity contribution in [2.24, 2.45) is 0 Å². The molecule has 0 aliphatic carbocycles. The maximum atomic E-state index is 9.48.